The fourth-order valence-corrected chi connectivity index (χ4v) is 3.14. The Labute approximate surface area is 134 Å². The lowest BCUT2D eigenvalue weighted by Gasteiger charge is -2.39. The normalized spacial score (nSPS) is 21.7. The summed E-state index contributed by atoms with van der Waals surface area (Å²) in [6.07, 6.45) is 5.39. The Bertz CT molecular complexity index is 830. The number of aromatic nitrogens is 4. The van der Waals surface area contributed by atoms with E-state index in [1.165, 1.54) is 11.1 Å². The third kappa shape index (κ3) is 2.45. The van der Waals surface area contributed by atoms with Gasteiger partial charge in [-0.25, -0.2) is 4.98 Å². The van der Waals surface area contributed by atoms with Gasteiger partial charge in [0.1, 0.15) is 12.4 Å². The lowest BCUT2D eigenvalue weighted by molar-refractivity contribution is 0.0209. The summed E-state index contributed by atoms with van der Waals surface area (Å²) in [4.78, 5) is 6.82. The molecule has 6 nitrogen and oxygen atoms in total. The quantitative estimate of drug-likeness (QED) is 0.727. The van der Waals surface area contributed by atoms with Crippen LogP contribution in [-0.2, 0) is 4.74 Å². The monoisotopic (exact) mass is 309 g/mol. The van der Waals surface area contributed by atoms with Crippen molar-refractivity contribution < 1.29 is 4.74 Å². The summed E-state index contributed by atoms with van der Waals surface area (Å²) in [5, 5.41) is 8.20. The van der Waals surface area contributed by atoms with Gasteiger partial charge in [-0.1, -0.05) is 24.3 Å². The average molecular weight is 309 g/mol. The zero-order valence-electron chi connectivity index (χ0n) is 13.3. The van der Waals surface area contributed by atoms with Crippen LogP contribution in [0.2, 0.25) is 0 Å². The molecule has 0 aliphatic carbocycles. The van der Waals surface area contributed by atoms with E-state index in [1.54, 1.807) is 12.5 Å². The minimum Gasteiger partial charge on any atom is -0.370 e. The molecular formula is C17H19N5O. The Morgan fingerprint density at radius 1 is 1.26 bits per heavy atom. The third-order valence-electron chi connectivity index (χ3n) is 4.44. The highest BCUT2D eigenvalue weighted by molar-refractivity contribution is 5.64. The molecule has 23 heavy (non-hydrogen) atoms. The first kappa shape index (κ1) is 14.1. The molecule has 0 unspecified atom stereocenters. The standard InChI is InChI=1S/C17H19N5O/c1-12-5-3-4-6-14(12)15-9-22(13(2)10-23-15)16-17-20-19-11-21(17)8-7-18-16/h3-8,11,13,15H,9-10H2,1-2H3/t13-,15-/m1/s1. The van der Waals surface area contributed by atoms with Crippen molar-refractivity contribution in [2.75, 3.05) is 18.1 Å². The van der Waals surface area contributed by atoms with Crippen LogP contribution in [0.3, 0.4) is 0 Å². The van der Waals surface area contributed by atoms with Gasteiger partial charge in [0.2, 0.25) is 5.65 Å². The smallest absolute Gasteiger partial charge is 0.203 e. The van der Waals surface area contributed by atoms with E-state index in [0.717, 1.165) is 18.0 Å². The number of morpholine rings is 1. The molecule has 0 bridgehead atoms. The second-order valence-corrected chi connectivity index (χ2v) is 5.99. The van der Waals surface area contributed by atoms with E-state index < -0.39 is 0 Å². The van der Waals surface area contributed by atoms with Crippen LogP contribution < -0.4 is 4.90 Å². The van der Waals surface area contributed by atoms with Crippen LogP contribution in [0.15, 0.2) is 43.0 Å². The number of nitrogens with zero attached hydrogens (tertiary/aromatic N) is 5. The minimum atomic E-state index is 0.0392. The SMILES string of the molecule is Cc1ccccc1[C@H]1CN(c2nccn3cnnc23)[C@H](C)CO1. The van der Waals surface area contributed by atoms with E-state index >= 15 is 0 Å². The van der Waals surface area contributed by atoms with Crippen molar-refractivity contribution in [3.63, 3.8) is 0 Å². The number of benzene rings is 1. The molecule has 2 atom stereocenters. The van der Waals surface area contributed by atoms with E-state index in [2.05, 4.69) is 58.2 Å². The molecule has 0 N–H and O–H groups in total. The van der Waals surface area contributed by atoms with Crippen molar-refractivity contribution in [3.05, 3.63) is 54.1 Å². The van der Waals surface area contributed by atoms with Gasteiger partial charge in [-0.15, -0.1) is 10.2 Å². The van der Waals surface area contributed by atoms with Crippen LogP contribution in [0.5, 0.6) is 0 Å². The highest BCUT2D eigenvalue weighted by Crippen LogP contribution is 2.30. The largest absolute Gasteiger partial charge is 0.370 e. The highest BCUT2D eigenvalue weighted by Gasteiger charge is 2.30. The van der Waals surface area contributed by atoms with Gasteiger partial charge in [-0.05, 0) is 25.0 Å². The fraction of sp³-hybridized carbons (Fsp3) is 0.353. The Balaban J connectivity index is 1.70. The van der Waals surface area contributed by atoms with Crippen LogP contribution in [0.1, 0.15) is 24.2 Å². The van der Waals surface area contributed by atoms with Crippen molar-refractivity contribution in [2.24, 2.45) is 0 Å². The lowest BCUT2D eigenvalue weighted by atomic mass is 10.0. The zero-order valence-corrected chi connectivity index (χ0v) is 13.3. The van der Waals surface area contributed by atoms with E-state index in [0.29, 0.717) is 6.61 Å². The molecule has 1 aliphatic rings. The number of anilines is 1. The molecule has 0 spiro atoms. The van der Waals surface area contributed by atoms with Crippen LogP contribution in [-0.4, -0.2) is 38.8 Å². The van der Waals surface area contributed by atoms with Crippen LogP contribution >= 0.6 is 0 Å². The molecule has 0 amide bonds. The van der Waals surface area contributed by atoms with Crippen LogP contribution in [0.4, 0.5) is 5.82 Å². The van der Waals surface area contributed by atoms with Gasteiger partial charge in [-0.2, -0.15) is 0 Å². The maximum absolute atomic E-state index is 6.09. The number of fused-ring (bicyclic) bond motifs is 1. The summed E-state index contributed by atoms with van der Waals surface area (Å²) in [5.41, 5.74) is 3.27. The predicted molar refractivity (Wildman–Crippen MR) is 87.5 cm³/mol. The average Bonchev–Trinajstić information content (AvgIpc) is 3.05. The minimum absolute atomic E-state index is 0.0392. The Hall–Kier alpha value is -2.47. The van der Waals surface area contributed by atoms with Crippen molar-refractivity contribution in [1.29, 1.82) is 0 Å². The van der Waals surface area contributed by atoms with Crippen LogP contribution in [0, 0.1) is 6.92 Å². The number of hydrogen-bond acceptors (Lipinski definition) is 5. The maximum atomic E-state index is 6.09. The molecule has 1 fully saturated rings. The van der Waals surface area contributed by atoms with Gasteiger partial charge in [0, 0.05) is 12.4 Å². The maximum Gasteiger partial charge on any atom is 0.203 e. The number of rotatable bonds is 2. The summed E-state index contributed by atoms with van der Waals surface area (Å²) in [6, 6.07) is 8.62. The van der Waals surface area contributed by atoms with Crippen molar-refractivity contribution in [2.45, 2.75) is 26.0 Å². The topological polar surface area (TPSA) is 55.6 Å². The van der Waals surface area contributed by atoms with Gasteiger partial charge in [-0.3, -0.25) is 4.40 Å². The second-order valence-electron chi connectivity index (χ2n) is 5.99. The first-order chi connectivity index (χ1) is 11.2. The molecule has 3 heterocycles. The van der Waals surface area contributed by atoms with Crippen molar-refractivity contribution in [1.82, 2.24) is 19.6 Å². The fourth-order valence-electron chi connectivity index (χ4n) is 3.14. The third-order valence-corrected chi connectivity index (χ3v) is 4.44. The molecule has 1 aliphatic heterocycles. The van der Waals surface area contributed by atoms with E-state index in [4.69, 9.17) is 4.74 Å². The number of ether oxygens (including phenoxy) is 1. The molecule has 6 heteroatoms. The summed E-state index contributed by atoms with van der Waals surface area (Å²) >= 11 is 0. The van der Waals surface area contributed by atoms with E-state index in [-0.39, 0.29) is 12.1 Å². The van der Waals surface area contributed by atoms with E-state index in [9.17, 15) is 0 Å². The molecule has 3 aromatic rings. The van der Waals surface area contributed by atoms with E-state index in [1.807, 2.05) is 10.6 Å². The molecule has 2 aromatic heterocycles. The molecule has 1 aromatic carbocycles. The number of aryl methyl sites for hydroxylation is 1. The Kier molecular flexibility index (Phi) is 3.46. The second kappa shape index (κ2) is 5.62. The van der Waals surface area contributed by atoms with Gasteiger partial charge in [0.25, 0.3) is 0 Å². The molecule has 1 saturated heterocycles. The summed E-state index contributed by atoms with van der Waals surface area (Å²) in [5.74, 6) is 0.861. The Morgan fingerprint density at radius 3 is 3.00 bits per heavy atom. The zero-order chi connectivity index (χ0) is 15.8. The highest BCUT2D eigenvalue weighted by atomic mass is 16.5. The van der Waals surface area contributed by atoms with Crippen LogP contribution in [0.25, 0.3) is 5.65 Å². The van der Waals surface area contributed by atoms with Gasteiger partial charge in [0.15, 0.2) is 5.82 Å². The van der Waals surface area contributed by atoms with Crippen molar-refractivity contribution >= 4 is 11.5 Å². The lowest BCUT2D eigenvalue weighted by Crippen LogP contribution is -2.46. The summed E-state index contributed by atoms with van der Waals surface area (Å²) in [7, 11) is 0. The molecule has 4 rings (SSSR count). The van der Waals surface area contributed by atoms with Gasteiger partial charge in [0.05, 0.1) is 19.2 Å². The molecule has 118 valence electrons. The Morgan fingerprint density at radius 2 is 2.13 bits per heavy atom. The molecule has 0 saturated carbocycles. The first-order valence-corrected chi connectivity index (χ1v) is 7.82. The van der Waals surface area contributed by atoms with Gasteiger partial charge < -0.3 is 9.64 Å². The first-order valence-electron chi connectivity index (χ1n) is 7.82. The summed E-state index contributed by atoms with van der Waals surface area (Å²) in [6.45, 7) is 5.69. The number of hydrogen-bond donors (Lipinski definition) is 0. The van der Waals surface area contributed by atoms with Gasteiger partial charge >= 0.3 is 0 Å². The molecule has 0 radical (unpaired) electrons. The summed E-state index contributed by atoms with van der Waals surface area (Å²) < 4.78 is 7.99. The predicted octanol–water partition coefficient (Wildman–Crippen LogP) is 2.40. The van der Waals surface area contributed by atoms with Crippen molar-refractivity contribution in [3.8, 4) is 0 Å². The molecular weight excluding hydrogens is 290 g/mol.